The Morgan fingerprint density at radius 3 is 2.67 bits per heavy atom. The molecule has 3 unspecified atom stereocenters. The fourth-order valence-corrected chi connectivity index (χ4v) is 3.01. The molecule has 1 heterocycles. The average Bonchev–Trinajstić information content (AvgIpc) is 3.06. The third-order valence-electron chi connectivity index (χ3n) is 4.33. The van der Waals surface area contributed by atoms with Crippen molar-refractivity contribution in [3.63, 3.8) is 0 Å². The number of hydrogen-bond acceptors (Lipinski definition) is 4. The number of carbonyl (C=O) groups is 1. The fourth-order valence-electron chi connectivity index (χ4n) is 2.84. The standard InChI is InChI=1S/C19H20ClFN2O3.ClH/c20-15-8-14(6-7-16(15)21)26-18(12-4-2-1-3-5-12)19(25)23-10-13-9-22-11-17(13)24;/h1-8,13,17-18,22,24H,9-11H2,(H,23,25);1H. The molecule has 27 heavy (non-hydrogen) atoms. The monoisotopic (exact) mass is 414 g/mol. The van der Waals surface area contributed by atoms with Crippen molar-refractivity contribution in [2.75, 3.05) is 19.6 Å². The van der Waals surface area contributed by atoms with E-state index in [9.17, 15) is 14.3 Å². The van der Waals surface area contributed by atoms with Gasteiger partial charge in [0.25, 0.3) is 5.91 Å². The number of ether oxygens (including phenoxy) is 1. The summed E-state index contributed by atoms with van der Waals surface area (Å²) in [6, 6.07) is 13.0. The number of rotatable bonds is 6. The van der Waals surface area contributed by atoms with Gasteiger partial charge in [-0.05, 0) is 12.1 Å². The molecule has 1 fully saturated rings. The molecule has 2 aromatic carbocycles. The summed E-state index contributed by atoms with van der Waals surface area (Å²) in [5.41, 5.74) is 0.663. The Bertz CT molecular complexity index is 764. The number of carbonyl (C=O) groups excluding carboxylic acids is 1. The molecule has 8 heteroatoms. The Balaban J connectivity index is 0.00000261. The van der Waals surface area contributed by atoms with Crippen molar-refractivity contribution >= 4 is 29.9 Å². The van der Waals surface area contributed by atoms with Crippen LogP contribution < -0.4 is 15.4 Å². The van der Waals surface area contributed by atoms with Crippen molar-refractivity contribution in [3.05, 3.63) is 64.9 Å². The van der Waals surface area contributed by atoms with Gasteiger partial charge in [-0.3, -0.25) is 4.79 Å². The van der Waals surface area contributed by atoms with Crippen molar-refractivity contribution in [2.24, 2.45) is 5.92 Å². The smallest absolute Gasteiger partial charge is 0.265 e. The van der Waals surface area contributed by atoms with E-state index in [0.29, 0.717) is 30.9 Å². The van der Waals surface area contributed by atoms with Gasteiger partial charge in [-0.25, -0.2) is 4.39 Å². The largest absolute Gasteiger partial charge is 0.476 e. The van der Waals surface area contributed by atoms with Gasteiger partial charge in [0.2, 0.25) is 6.10 Å². The van der Waals surface area contributed by atoms with Crippen molar-refractivity contribution in [1.29, 1.82) is 0 Å². The molecule has 2 aromatic rings. The molecular weight excluding hydrogens is 394 g/mol. The van der Waals surface area contributed by atoms with Crippen molar-refractivity contribution in [2.45, 2.75) is 12.2 Å². The molecule has 5 nitrogen and oxygen atoms in total. The Morgan fingerprint density at radius 2 is 2.04 bits per heavy atom. The zero-order valence-electron chi connectivity index (χ0n) is 14.4. The van der Waals surface area contributed by atoms with E-state index in [4.69, 9.17) is 16.3 Å². The number of aliphatic hydroxyl groups is 1. The molecule has 0 saturated carbocycles. The molecule has 1 aliphatic heterocycles. The summed E-state index contributed by atoms with van der Waals surface area (Å²) in [5, 5.41) is 15.7. The SMILES string of the molecule is Cl.O=C(NCC1CNCC1O)C(Oc1ccc(F)c(Cl)c1)c1ccccc1. The summed E-state index contributed by atoms with van der Waals surface area (Å²) in [4.78, 5) is 12.7. The van der Waals surface area contributed by atoms with Crippen LogP contribution in [0, 0.1) is 11.7 Å². The van der Waals surface area contributed by atoms with Crippen LogP contribution in [0.5, 0.6) is 5.75 Å². The number of aliphatic hydroxyl groups excluding tert-OH is 1. The van der Waals surface area contributed by atoms with Crippen LogP contribution in [0.15, 0.2) is 48.5 Å². The molecule has 0 spiro atoms. The molecule has 3 atom stereocenters. The van der Waals surface area contributed by atoms with Crippen molar-refractivity contribution in [1.82, 2.24) is 10.6 Å². The Hall–Kier alpha value is -1.86. The summed E-state index contributed by atoms with van der Waals surface area (Å²) in [6.45, 7) is 1.50. The number of hydrogen-bond donors (Lipinski definition) is 3. The second-order valence-electron chi connectivity index (χ2n) is 6.22. The zero-order chi connectivity index (χ0) is 18.5. The van der Waals surface area contributed by atoms with Crippen LogP contribution >= 0.6 is 24.0 Å². The van der Waals surface area contributed by atoms with Gasteiger partial charge in [-0.15, -0.1) is 12.4 Å². The number of β-amino-alcohol motifs (C(OH)–C–C–N with tert-alkyl or cyclic N) is 1. The third-order valence-corrected chi connectivity index (χ3v) is 4.62. The van der Waals surface area contributed by atoms with E-state index in [1.807, 2.05) is 6.07 Å². The Kier molecular flexibility index (Phi) is 7.86. The first kappa shape index (κ1) is 21.4. The first-order valence-corrected chi connectivity index (χ1v) is 8.75. The highest BCUT2D eigenvalue weighted by Gasteiger charge is 2.28. The number of benzene rings is 2. The van der Waals surface area contributed by atoms with Gasteiger partial charge < -0.3 is 20.5 Å². The summed E-state index contributed by atoms with van der Waals surface area (Å²) in [7, 11) is 0. The van der Waals surface area contributed by atoms with Crippen LogP contribution in [0.4, 0.5) is 4.39 Å². The fraction of sp³-hybridized carbons (Fsp3) is 0.316. The second-order valence-corrected chi connectivity index (χ2v) is 6.62. The van der Waals surface area contributed by atoms with Gasteiger partial charge in [-0.1, -0.05) is 41.9 Å². The van der Waals surface area contributed by atoms with E-state index in [0.717, 1.165) is 0 Å². The lowest BCUT2D eigenvalue weighted by molar-refractivity contribution is -0.128. The first-order valence-electron chi connectivity index (χ1n) is 8.37. The minimum atomic E-state index is -0.913. The maximum Gasteiger partial charge on any atom is 0.265 e. The van der Waals surface area contributed by atoms with E-state index in [-0.39, 0.29) is 29.3 Å². The molecule has 1 aliphatic rings. The van der Waals surface area contributed by atoms with Crippen LogP contribution in [-0.4, -0.2) is 36.8 Å². The quantitative estimate of drug-likeness (QED) is 0.679. The molecule has 3 rings (SSSR count). The minimum Gasteiger partial charge on any atom is -0.476 e. The summed E-state index contributed by atoms with van der Waals surface area (Å²) < 4.78 is 19.2. The van der Waals surface area contributed by atoms with Gasteiger partial charge in [0.15, 0.2) is 0 Å². The summed E-state index contributed by atoms with van der Waals surface area (Å²) >= 11 is 5.80. The van der Waals surface area contributed by atoms with Gasteiger partial charge in [-0.2, -0.15) is 0 Å². The number of nitrogens with one attached hydrogen (secondary N) is 2. The average molecular weight is 415 g/mol. The lowest BCUT2D eigenvalue weighted by Gasteiger charge is -2.21. The molecular formula is C19H21Cl2FN2O3. The van der Waals surface area contributed by atoms with Crippen molar-refractivity contribution < 1.29 is 19.0 Å². The number of amides is 1. The van der Waals surface area contributed by atoms with Crippen LogP contribution in [0.25, 0.3) is 0 Å². The highest BCUT2D eigenvalue weighted by molar-refractivity contribution is 6.30. The van der Waals surface area contributed by atoms with Gasteiger partial charge in [0.1, 0.15) is 11.6 Å². The van der Waals surface area contributed by atoms with E-state index >= 15 is 0 Å². The van der Waals surface area contributed by atoms with Gasteiger partial charge in [0.05, 0.1) is 11.1 Å². The number of halogens is 3. The first-order chi connectivity index (χ1) is 12.5. The minimum absolute atomic E-state index is 0. The molecule has 0 radical (unpaired) electrons. The summed E-state index contributed by atoms with van der Waals surface area (Å²) in [6.07, 6.45) is -1.40. The van der Waals surface area contributed by atoms with Crippen LogP contribution in [0.1, 0.15) is 11.7 Å². The Labute approximate surface area is 168 Å². The molecule has 0 aliphatic carbocycles. The molecule has 1 saturated heterocycles. The maximum absolute atomic E-state index is 13.4. The highest BCUT2D eigenvalue weighted by Crippen LogP contribution is 2.26. The predicted octanol–water partition coefficient (Wildman–Crippen LogP) is 2.72. The van der Waals surface area contributed by atoms with Gasteiger partial charge in [0, 0.05) is 37.2 Å². The van der Waals surface area contributed by atoms with E-state index in [1.165, 1.54) is 18.2 Å². The van der Waals surface area contributed by atoms with Crippen LogP contribution in [-0.2, 0) is 4.79 Å². The lowest BCUT2D eigenvalue weighted by atomic mass is 10.1. The predicted molar refractivity (Wildman–Crippen MR) is 104 cm³/mol. The topological polar surface area (TPSA) is 70.6 Å². The van der Waals surface area contributed by atoms with E-state index in [2.05, 4.69) is 10.6 Å². The summed E-state index contributed by atoms with van der Waals surface area (Å²) in [5.74, 6) is -0.642. The molecule has 0 bridgehead atoms. The normalized spacial score (nSPS) is 19.8. The molecule has 1 amide bonds. The molecule has 0 aromatic heterocycles. The zero-order valence-corrected chi connectivity index (χ0v) is 16.0. The Morgan fingerprint density at radius 1 is 1.30 bits per heavy atom. The third kappa shape index (κ3) is 5.56. The lowest BCUT2D eigenvalue weighted by Crippen LogP contribution is -2.38. The molecule has 3 N–H and O–H groups in total. The molecule has 146 valence electrons. The second kappa shape index (κ2) is 9.90. The van der Waals surface area contributed by atoms with E-state index in [1.54, 1.807) is 24.3 Å². The highest BCUT2D eigenvalue weighted by atomic mass is 35.5. The van der Waals surface area contributed by atoms with Gasteiger partial charge >= 0.3 is 0 Å². The van der Waals surface area contributed by atoms with E-state index < -0.39 is 18.0 Å². The van der Waals surface area contributed by atoms with Crippen molar-refractivity contribution in [3.8, 4) is 5.75 Å². The maximum atomic E-state index is 13.4. The van der Waals surface area contributed by atoms with Crippen LogP contribution in [0.3, 0.4) is 0 Å². The van der Waals surface area contributed by atoms with Crippen LogP contribution in [0.2, 0.25) is 5.02 Å².